The number of pyridine rings is 1. The summed E-state index contributed by atoms with van der Waals surface area (Å²) in [4.78, 5) is 8.68. The van der Waals surface area contributed by atoms with Gasteiger partial charge in [0.15, 0.2) is 0 Å². The molecule has 1 aromatic carbocycles. The molecule has 0 aliphatic carbocycles. The third-order valence-electron chi connectivity index (χ3n) is 7.32. The Balaban J connectivity index is 1.47. The summed E-state index contributed by atoms with van der Waals surface area (Å²) >= 11 is 0. The van der Waals surface area contributed by atoms with Crippen molar-refractivity contribution < 1.29 is 22.6 Å². The van der Waals surface area contributed by atoms with E-state index in [2.05, 4.69) is 16.0 Å². The molecule has 4 rings (SSSR count). The van der Waals surface area contributed by atoms with Crippen LogP contribution in [-0.2, 0) is 22.2 Å². The van der Waals surface area contributed by atoms with Crippen LogP contribution in [0.15, 0.2) is 42.7 Å². The monoisotopic (exact) mass is 488 g/mol. The number of methoxy groups -OCH3 is 1. The summed E-state index contributed by atoms with van der Waals surface area (Å²) in [6.45, 7) is 5.72. The molecule has 2 fully saturated rings. The van der Waals surface area contributed by atoms with Crippen LogP contribution in [0.1, 0.15) is 29.5 Å². The van der Waals surface area contributed by atoms with E-state index in [0.717, 1.165) is 38.5 Å². The van der Waals surface area contributed by atoms with Crippen LogP contribution in [0.5, 0.6) is 0 Å². The maximum absolute atomic E-state index is 13.5. The molecule has 9 heteroatoms. The number of ether oxygens (including phenoxy) is 2. The standard InChI is InChI=1S/C26H31F3N4O2/c1-34-11-12-35-18-22-17-32(16-20-3-2-8-31-15-20)19-25(22)6-9-33(10-7-25)23-5-4-21(14-30)24(13-23)26(27,28)29/h2-5,8,13,15,22H,6-7,9-12,16-19H2,1H3. The van der Waals surface area contributed by atoms with E-state index in [-0.39, 0.29) is 11.0 Å². The Bertz CT molecular complexity index is 1020. The van der Waals surface area contributed by atoms with E-state index in [1.807, 2.05) is 17.2 Å². The Labute approximate surface area is 204 Å². The Kier molecular flexibility index (Phi) is 7.95. The molecule has 188 valence electrons. The zero-order chi connectivity index (χ0) is 24.9. The molecule has 0 N–H and O–H groups in total. The molecule has 1 atom stereocenters. The largest absolute Gasteiger partial charge is 0.417 e. The quantitative estimate of drug-likeness (QED) is 0.515. The van der Waals surface area contributed by atoms with Crippen LogP contribution < -0.4 is 4.90 Å². The number of aromatic nitrogens is 1. The van der Waals surface area contributed by atoms with Crippen molar-refractivity contribution in [3.8, 4) is 6.07 Å². The van der Waals surface area contributed by atoms with E-state index in [0.29, 0.717) is 44.5 Å². The van der Waals surface area contributed by atoms with Gasteiger partial charge < -0.3 is 14.4 Å². The molecule has 1 spiro atoms. The van der Waals surface area contributed by atoms with E-state index >= 15 is 0 Å². The number of hydrogen-bond donors (Lipinski definition) is 0. The highest BCUT2D eigenvalue weighted by molar-refractivity contribution is 5.55. The predicted octanol–water partition coefficient (Wildman–Crippen LogP) is 4.35. The molecule has 1 unspecified atom stereocenters. The van der Waals surface area contributed by atoms with Gasteiger partial charge in [0.2, 0.25) is 0 Å². The first-order valence-electron chi connectivity index (χ1n) is 11.9. The van der Waals surface area contributed by atoms with Gasteiger partial charge in [-0.2, -0.15) is 18.4 Å². The maximum atomic E-state index is 13.5. The molecule has 1 aromatic heterocycles. The first kappa shape index (κ1) is 25.4. The van der Waals surface area contributed by atoms with Crippen molar-refractivity contribution >= 4 is 5.69 Å². The smallest absolute Gasteiger partial charge is 0.382 e. The average molecular weight is 489 g/mol. The second kappa shape index (κ2) is 10.9. The van der Waals surface area contributed by atoms with Gasteiger partial charge in [0.25, 0.3) is 0 Å². The fraction of sp³-hybridized carbons (Fsp3) is 0.538. The van der Waals surface area contributed by atoms with Crippen LogP contribution in [0.2, 0.25) is 0 Å². The Morgan fingerprint density at radius 3 is 2.66 bits per heavy atom. The molecule has 2 saturated heterocycles. The molecule has 3 heterocycles. The number of nitrogens with zero attached hydrogens (tertiary/aromatic N) is 4. The number of anilines is 1. The lowest BCUT2D eigenvalue weighted by atomic mass is 9.71. The third-order valence-corrected chi connectivity index (χ3v) is 7.32. The van der Waals surface area contributed by atoms with E-state index in [1.165, 1.54) is 11.6 Å². The molecular weight excluding hydrogens is 457 g/mol. The Hall–Kier alpha value is -2.67. The van der Waals surface area contributed by atoms with Crippen molar-refractivity contribution in [3.05, 3.63) is 59.4 Å². The SMILES string of the molecule is COCCOCC1CN(Cc2cccnc2)CC12CCN(c1ccc(C#N)c(C(F)(F)F)c1)CC2. The molecular formula is C26H31F3N4O2. The summed E-state index contributed by atoms with van der Waals surface area (Å²) < 4.78 is 51.5. The van der Waals surface area contributed by atoms with Crippen molar-refractivity contribution in [2.24, 2.45) is 11.3 Å². The summed E-state index contributed by atoms with van der Waals surface area (Å²) in [5.74, 6) is 0.338. The molecule has 0 saturated carbocycles. The summed E-state index contributed by atoms with van der Waals surface area (Å²) in [6, 6.07) is 9.70. The summed E-state index contributed by atoms with van der Waals surface area (Å²) in [5.41, 5.74) is 0.517. The highest BCUT2D eigenvalue weighted by Crippen LogP contribution is 2.46. The number of hydrogen-bond acceptors (Lipinski definition) is 6. The minimum Gasteiger partial charge on any atom is -0.382 e. The fourth-order valence-electron chi connectivity index (χ4n) is 5.45. The van der Waals surface area contributed by atoms with Gasteiger partial charge >= 0.3 is 6.18 Å². The molecule has 2 aliphatic heterocycles. The Morgan fingerprint density at radius 2 is 2.00 bits per heavy atom. The highest BCUT2D eigenvalue weighted by Gasteiger charge is 2.48. The van der Waals surface area contributed by atoms with Crippen LogP contribution in [0.4, 0.5) is 18.9 Å². The topological polar surface area (TPSA) is 61.6 Å². The van der Waals surface area contributed by atoms with Crippen LogP contribution in [0.3, 0.4) is 0 Å². The lowest BCUT2D eigenvalue weighted by Gasteiger charge is -2.43. The minimum absolute atomic E-state index is 0.0469. The van der Waals surface area contributed by atoms with Gasteiger partial charge in [-0.1, -0.05) is 6.07 Å². The molecule has 2 aliphatic rings. The van der Waals surface area contributed by atoms with Gasteiger partial charge in [-0.25, -0.2) is 0 Å². The number of likely N-dealkylation sites (tertiary alicyclic amines) is 1. The van der Waals surface area contributed by atoms with Crippen molar-refractivity contribution in [1.82, 2.24) is 9.88 Å². The first-order chi connectivity index (χ1) is 16.8. The summed E-state index contributed by atoms with van der Waals surface area (Å²) in [5, 5.41) is 9.09. The lowest BCUT2D eigenvalue weighted by molar-refractivity contribution is -0.137. The van der Waals surface area contributed by atoms with E-state index in [1.54, 1.807) is 25.4 Å². The van der Waals surface area contributed by atoms with Crippen LogP contribution in [-0.4, -0.2) is 63.0 Å². The Morgan fingerprint density at radius 1 is 1.20 bits per heavy atom. The van der Waals surface area contributed by atoms with E-state index in [9.17, 15) is 13.2 Å². The zero-order valence-electron chi connectivity index (χ0n) is 19.9. The van der Waals surface area contributed by atoms with Gasteiger partial charge in [-0.3, -0.25) is 9.88 Å². The number of halogens is 3. The third kappa shape index (κ3) is 5.95. The normalized spacial score (nSPS) is 20.3. The predicted molar refractivity (Wildman–Crippen MR) is 126 cm³/mol. The van der Waals surface area contributed by atoms with Crippen LogP contribution >= 0.6 is 0 Å². The maximum Gasteiger partial charge on any atom is 0.417 e. The van der Waals surface area contributed by atoms with Crippen LogP contribution in [0.25, 0.3) is 0 Å². The van der Waals surface area contributed by atoms with Gasteiger partial charge in [0.05, 0.1) is 37.0 Å². The first-order valence-corrected chi connectivity index (χ1v) is 11.9. The molecule has 0 radical (unpaired) electrons. The summed E-state index contributed by atoms with van der Waals surface area (Å²) in [7, 11) is 1.65. The lowest BCUT2D eigenvalue weighted by Crippen LogP contribution is -2.45. The number of alkyl halides is 3. The molecule has 0 amide bonds. The molecule has 0 bridgehead atoms. The van der Waals surface area contributed by atoms with Crippen molar-refractivity contribution in [2.75, 3.05) is 58.0 Å². The number of nitriles is 1. The van der Waals surface area contributed by atoms with E-state index < -0.39 is 11.7 Å². The number of piperidine rings is 1. The molecule has 6 nitrogen and oxygen atoms in total. The van der Waals surface area contributed by atoms with Gasteiger partial charge in [-0.15, -0.1) is 0 Å². The number of benzene rings is 1. The second-order valence-corrected chi connectivity index (χ2v) is 9.48. The zero-order valence-corrected chi connectivity index (χ0v) is 19.9. The average Bonchev–Trinajstić information content (AvgIpc) is 3.18. The van der Waals surface area contributed by atoms with Crippen molar-refractivity contribution in [1.29, 1.82) is 5.26 Å². The fourth-order valence-corrected chi connectivity index (χ4v) is 5.45. The molecule has 35 heavy (non-hydrogen) atoms. The van der Waals surface area contributed by atoms with Crippen molar-refractivity contribution in [2.45, 2.75) is 25.6 Å². The summed E-state index contributed by atoms with van der Waals surface area (Å²) in [6.07, 6.45) is 0.846. The minimum atomic E-state index is -4.55. The second-order valence-electron chi connectivity index (χ2n) is 9.48. The van der Waals surface area contributed by atoms with Crippen LogP contribution in [0, 0.1) is 22.7 Å². The van der Waals surface area contributed by atoms with Gasteiger partial charge in [0, 0.05) is 63.8 Å². The van der Waals surface area contributed by atoms with E-state index in [4.69, 9.17) is 14.7 Å². The molecule has 2 aromatic rings. The highest BCUT2D eigenvalue weighted by atomic mass is 19.4. The number of rotatable bonds is 8. The van der Waals surface area contributed by atoms with Gasteiger partial charge in [0.1, 0.15) is 0 Å². The van der Waals surface area contributed by atoms with Crippen molar-refractivity contribution in [3.63, 3.8) is 0 Å². The van der Waals surface area contributed by atoms with Gasteiger partial charge in [-0.05, 0) is 48.1 Å².